The summed E-state index contributed by atoms with van der Waals surface area (Å²) in [4.78, 5) is 25.1. The van der Waals surface area contributed by atoms with Gasteiger partial charge in [0, 0.05) is 47.5 Å². The molecule has 6 heterocycles. The predicted octanol–water partition coefficient (Wildman–Crippen LogP) is 4.02. The zero-order valence-corrected chi connectivity index (χ0v) is 15.6. The minimum Gasteiger partial charge on any atom is -0.338 e. The lowest BCUT2D eigenvalue weighted by Gasteiger charge is -2.01. The Hall–Kier alpha value is -4.46. The maximum absolute atomic E-state index is 4.81. The highest BCUT2D eigenvalue weighted by atomic mass is 15.1. The molecule has 0 saturated heterocycles. The van der Waals surface area contributed by atoms with Gasteiger partial charge in [0.25, 0.3) is 0 Å². The second-order valence-electron chi connectivity index (χ2n) is 6.84. The van der Waals surface area contributed by atoms with Crippen molar-refractivity contribution < 1.29 is 0 Å². The quantitative estimate of drug-likeness (QED) is 0.472. The Balaban J connectivity index is 1.52. The van der Waals surface area contributed by atoms with Gasteiger partial charge in [0.15, 0.2) is 0 Å². The molecule has 6 aromatic rings. The highest BCUT2D eigenvalue weighted by Crippen LogP contribution is 2.32. The molecule has 6 rings (SSSR count). The fourth-order valence-corrected chi connectivity index (χ4v) is 3.61. The molecule has 2 N–H and O–H groups in total. The van der Waals surface area contributed by atoms with Crippen molar-refractivity contribution in [2.24, 2.45) is 0 Å². The number of hydrogen-bond donors (Lipinski definition) is 2. The Morgan fingerprint density at radius 1 is 0.833 bits per heavy atom. The van der Waals surface area contributed by atoms with Crippen molar-refractivity contribution in [3.63, 3.8) is 0 Å². The average Bonchev–Trinajstić information content (AvgIpc) is 3.43. The lowest BCUT2D eigenvalue weighted by atomic mass is 10.1. The van der Waals surface area contributed by atoms with Crippen molar-refractivity contribution in [3.05, 3.63) is 73.7 Å². The molecule has 8 heteroatoms. The standard InChI is InChI=1S/C22H14N8/c1-2-13(9-23-6-1)15-5-7-26-22-16(15)8-19(28-22)21-20-18(29-30-21)4-3-17(27-20)14-10-24-12-25-11-14/h1-12H,(H,26,28)(H,29,30). The van der Waals surface area contributed by atoms with Crippen LogP contribution in [0.5, 0.6) is 0 Å². The number of nitrogens with zero attached hydrogens (tertiary/aromatic N) is 6. The molecule has 0 saturated carbocycles. The van der Waals surface area contributed by atoms with Gasteiger partial charge >= 0.3 is 0 Å². The SMILES string of the molecule is c1cncc(-c2ccnc3[nH]c(-c4n[nH]c5ccc(-c6cncnc6)nc45)cc23)c1. The molecule has 0 aromatic carbocycles. The van der Waals surface area contributed by atoms with E-state index in [0.29, 0.717) is 0 Å². The molecule has 0 aliphatic heterocycles. The minimum atomic E-state index is 0.735. The molecule has 8 nitrogen and oxygen atoms in total. The first-order valence-electron chi connectivity index (χ1n) is 9.36. The largest absolute Gasteiger partial charge is 0.338 e. The van der Waals surface area contributed by atoms with Crippen molar-refractivity contribution in [2.75, 3.05) is 0 Å². The van der Waals surface area contributed by atoms with E-state index in [2.05, 4.69) is 41.2 Å². The van der Waals surface area contributed by atoms with Gasteiger partial charge in [-0.1, -0.05) is 6.07 Å². The lowest BCUT2D eigenvalue weighted by Crippen LogP contribution is -1.87. The van der Waals surface area contributed by atoms with Crippen LogP contribution in [0.2, 0.25) is 0 Å². The average molecular weight is 390 g/mol. The van der Waals surface area contributed by atoms with Crippen molar-refractivity contribution in [2.45, 2.75) is 0 Å². The number of hydrogen-bond acceptors (Lipinski definition) is 6. The van der Waals surface area contributed by atoms with Crippen LogP contribution in [0.25, 0.3) is 55.8 Å². The molecule has 0 fully saturated rings. The summed E-state index contributed by atoms with van der Waals surface area (Å²) >= 11 is 0. The third-order valence-corrected chi connectivity index (χ3v) is 5.02. The highest BCUT2D eigenvalue weighted by molar-refractivity contribution is 5.98. The molecule has 0 amide bonds. The number of pyridine rings is 3. The number of rotatable bonds is 3. The van der Waals surface area contributed by atoms with Gasteiger partial charge < -0.3 is 4.98 Å². The number of aromatic amines is 2. The third kappa shape index (κ3) is 2.62. The van der Waals surface area contributed by atoms with Crippen LogP contribution in [-0.4, -0.2) is 40.1 Å². The minimum absolute atomic E-state index is 0.735. The number of H-pyrrole nitrogens is 2. The van der Waals surface area contributed by atoms with E-state index in [1.807, 2.05) is 36.5 Å². The van der Waals surface area contributed by atoms with Gasteiger partial charge in [-0.15, -0.1) is 0 Å². The second kappa shape index (κ2) is 6.56. The van der Waals surface area contributed by atoms with E-state index in [9.17, 15) is 0 Å². The van der Waals surface area contributed by atoms with E-state index in [1.54, 1.807) is 24.8 Å². The van der Waals surface area contributed by atoms with Crippen LogP contribution in [0.15, 0.2) is 73.7 Å². The van der Waals surface area contributed by atoms with Crippen LogP contribution in [0.3, 0.4) is 0 Å². The predicted molar refractivity (Wildman–Crippen MR) is 113 cm³/mol. The summed E-state index contributed by atoms with van der Waals surface area (Å²) in [5.41, 5.74) is 7.72. The molecule has 0 radical (unpaired) electrons. The molecular weight excluding hydrogens is 376 g/mol. The van der Waals surface area contributed by atoms with E-state index in [4.69, 9.17) is 4.98 Å². The van der Waals surface area contributed by atoms with E-state index >= 15 is 0 Å². The molecule has 30 heavy (non-hydrogen) atoms. The lowest BCUT2D eigenvalue weighted by molar-refractivity contribution is 1.12. The summed E-state index contributed by atoms with van der Waals surface area (Å²) in [6.07, 6.45) is 10.4. The molecule has 0 aliphatic rings. The molecule has 142 valence electrons. The number of fused-ring (bicyclic) bond motifs is 2. The maximum Gasteiger partial charge on any atom is 0.138 e. The molecule has 6 aromatic heterocycles. The summed E-state index contributed by atoms with van der Waals surface area (Å²) in [6.45, 7) is 0. The molecule has 0 spiro atoms. The Bertz CT molecular complexity index is 1490. The zero-order valence-electron chi connectivity index (χ0n) is 15.6. The second-order valence-corrected chi connectivity index (χ2v) is 6.84. The third-order valence-electron chi connectivity index (χ3n) is 5.02. The van der Waals surface area contributed by atoms with Gasteiger partial charge in [-0.25, -0.2) is 19.9 Å². The topological polar surface area (TPSA) is 109 Å². The summed E-state index contributed by atoms with van der Waals surface area (Å²) < 4.78 is 0. The van der Waals surface area contributed by atoms with E-state index in [-0.39, 0.29) is 0 Å². The van der Waals surface area contributed by atoms with Gasteiger partial charge in [-0.05, 0) is 35.9 Å². The van der Waals surface area contributed by atoms with Crippen LogP contribution < -0.4 is 0 Å². The Labute approximate surface area is 170 Å². The molecule has 0 aliphatic carbocycles. The van der Waals surface area contributed by atoms with Crippen LogP contribution in [0.4, 0.5) is 0 Å². The Morgan fingerprint density at radius 2 is 1.73 bits per heavy atom. The van der Waals surface area contributed by atoms with Crippen LogP contribution >= 0.6 is 0 Å². The van der Waals surface area contributed by atoms with Crippen molar-refractivity contribution in [3.8, 4) is 33.8 Å². The Morgan fingerprint density at radius 3 is 2.60 bits per heavy atom. The van der Waals surface area contributed by atoms with Crippen molar-refractivity contribution >= 4 is 22.1 Å². The molecule has 0 bridgehead atoms. The van der Waals surface area contributed by atoms with Gasteiger partial charge in [0.05, 0.1) is 16.9 Å². The highest BCUT2D eigenvalue weighted by Gasteiger charge is 2.16. The van der Waals surface area contributed by atoms with Gasteiger partial charge in [0.1, 0.15) is 23.2 Å². The summed E-state index contributed by atoms with van der Waals surface area (Å²) in [6, 6.07) is 11.9. The summed E-state index contributed by atoms with van der Waals surface area (Å²) in [7, 11) is 0. The van der Waals surface area contributed by atoms with Crippen LogP contribution in [0, 0.1) is 0 Å². The first-order chi connectivity index (χ1) is 14.9. The summed E-state index contributed by atoms with van der Waals surface area (Å²) in [5, 5.41) is 8.57. The first kappa shape index (κ1) is 16.5. The van der Waals surface area contributed by atoms with Gasteiger partial charge in [-0.2, -0.15) is 5.10 Å². The smallest absolute Gasteiger partial charge is 0.138 e. The van der Waals surface area contributed by atoms with Crippen LogP contribution in [0.1, 0.15) is 0 Å². The Kier molecular flexibility index (Phi) is 3.60. The van der Waals surface area contributed by atoms with E-state index < -0.39 is 0 Å². The normalized spacial score (nSPS) is 11.3. The summed E-state index contributed by atoms with van der Waals surface area (Å²) in [5.74, 6) is 0. The van der Waals surface area contributed by atoms with Gasteiger partial charge in [-0.3, -0.25) is 10.1 Å². The van der Waals surface area contributed by atoms with Crippen molar-refractivity contribution in [1.29, 1.82) is 0 Å². The fourth-order valence-electron chi connectivity index (χ4n) is 3.61. The van der Waals surface area contributed by atoms with Gasteiger partial charge in [0.2, 0.25) is 0 Å². The first-order valence-corrected chi connectivity index (χ1v) is 9.36. The van der Waals surface area contributed by atoms with E-state index in [1.165, 1.54) is 6.33 Å². The van der Waals surface area contributed by atoms with Crippen LogP contribution in [-0.2, 0) is 0 Å². The molecule has 0 atom stereocenters. The van der Waals surface area contributed by atoms with Crippen molar-refractivity contribution in [1.82, 2.24) is 40.1 Å². The maximum atomic E-state index is 4.81. The number of nitrogens with one attached hydrogen (secondary N) is 2. The molecular formula is C22H14N8. The number of aromatic nitrogens is 8. The zero-order chi connectivity index (χ0) is 19.9. The monoisotopic (exact) mass is 390 g/mol. The van der Waals surface area contributed by atoms with E-state index in [0.717, 1.165) is 55.8 Å². The fraction of sp³-hybridized carbons (Fsp3) is 0. The molecule has 0 unspecified atom stereocenters.